The lowest BCUT2D eigenvalue weighted by Crippen LogP contribution is -2.53. The van der Waals surface area contributed by atoms with Crippen molar-refractivity contribution in [2.75, 3.05) is 52.4 Å². The molecule has 0 spiro atoms. The number of likely N-dealkylation sites (N-methyl/N-ethyl adjacent to an activating group) is 2. The maximum atomic E-state index is 12.4. The maximum Gasteiger partial charge on any atom is 0.317 e. The topological polar surface area (TPSA) is 38.8 Å². The molecule has 0 saturated carbocycles. The lowest BCUT2D eigenvalue weighted by molar-refractivity contribution is 0.137. The Bertz CT molecular complexity index is 310. The Balaban J connectivity index is 2.44. The van der Waals surface area contributed by atoms with Gasteiger partial charge in [-0.2, -0.15) is 0 Å². The van der Waals surface area contributed by atoms with Crippen LogP contribution in [0.4, 0.5) is 4.79 Å². The molecule has 1 fully saturated rings. The highest BCUT2D eigenvalue weighted by Crippen LogP contribution is 2.11. The Morgan fingerprint density at radius 1 is 1.09 bits per heavy atom. The lowest BCUT2D eigenvalue weighted by atomic mass is 10.0. The molecule has 1 saturated heterocycles. The highest BCUT2D eigenvalue weighted by Gasteiger charge is 2.22. The minimum atomic E-state index is 0.108. The summed E-state index contributed by atoms with van der Waals surface area (Å²) in [6.45, 7) is 18.7. The first-order valence-corrected chi connectivity index (χ1v) is 9.00. The van der Waals surface area contributed by atoms with E-state index in [9.17, 15) is 4.79 Å². The summed E-state index contributed by atoms with van der Waals surface area (Å²) in [6.07, 6.45) is 1.13. The lowest BCUT2D eigenvalue weighted by Gasteiger charge is -2.35. The van der Waals surface area contributed by atoms with Crippen molar-refractivity contribution in [2.24, 2.45) is 5.92 Å². The fourth-order valence-electron chi connectivity index (χ4n) is 3.23. The van der Waals surface area contributed by atoms with Crippen LogP contribution >= 0.6 is 0 Å². The number of rotatable bonds is 8. The van der Waals surface area contributed by atoms with E-state index in [2.05, 4.69) is 49.7 Å². The average Bonchev–Trinajstić information content (AvgIpc) is 2.52. The largest absolute Gasteiger partial charge is 0.336 e. The van der Waals surface area contributed by atoms with Crippen molar-refractivity contribution in [3.63, 3.8) is 0 Å². The van der Waals surface area contributed by atoms with Gasteiger partial charge in [0, 0.05) is 38.8 Å². The minimum absolute atomic E-state index is 0.108. The van der Waals surface area contributed by atoms with E-state index < -0.39 is 0 Å². The van der Waals surface area contributed by atoms with Crippen LogP contribution in [0, 0.1) is 5.92 Å². The van der Waals surface area contributed by atoms with Gasteiger partial charge in [0.2, 0.25) is 0 Å². The molecule has 0 aromatic heterocycles. The van der Waals surface area contributed by atoms with Crippen LogP contribution in [0.1, 0.15) is 41.0 Å². The smallest absolute Gasteiger partial charge is 0.317 e. The molecule has 0 bridgehead atoms. The van der Waals surface area contributed by atoms with Crippen molar-refractivity contribution in [3.8, 4) is 0 Å². The first kappa shape index (κ1) is 19.2. The van der Waals surface area contributed by atoms with E-state index in [-0.39, 0.29) is 6.03 Å². The molecular formula is C17H36N4O. The number of carbonyl (C=O) groups excluding carboxylic acids is 1. The van der Waals surface area contributed by atoms with E-state index >= 15 is 0 Å². The van der Waals surface area contributed by atoms with Gasteiger partial charge >= 0.3 is 6.03 Å². The third-order valence-electron chi connectivity index (χ3n) is 4.67. The van der Waals surface area contributed by atoms with E-state index in [1.54, 1.807) is 0 Å². The molecule has 5 nitrogen and oxygen atoms in total. The summed E-state index contributed by atoms with van der Waals surface area (Å²) in [6, 6.07) is 0.549. The van der Waals surface area contributed by atoms with Gasteiger partial charge < -0.3 is 15.1 Å². The number of urea groups is 1. The SMILES string of the molecule is CCN1CCN(C(=O)NC[C@@H](CC(C)C)N(CC)CC)CC1. The van der Waals surface area contributed by atoms with Crippen LogP contribution in [0.3, 0.4) is 0 Å². The first-order valence-electron chi connectivity index (χ1n) is 9.00. The molecule has 1 aliphatic heterocycles. The molecule has 1 heterocycles. The van der Waals surface area contributed by atoms with Crippen molar-refractivity contribution in [3.05, 3.63) is 0 Å². The normalized spacial score (nSPS) is 18.0. The Labute approximate surface area is 137 Å². The second-order valence-electron chi connectivity index (χ2n) is 6.61. The number of piperazine rings is 1. The van der Waals surface area contributed by atoms with Crippen LogP contribution in [0.2, 0.25) is 0 Å². The van der Waals surface area contributed by atoms with Crippen LogP contribution in [0.25, 0.3) is 0 Å². The number of nitrogens with one attached hydrogen (secondary N) is 1. The van der Waals surface area contributed by atoms with Crippen LogP contribution in [0.5, 0.6) is 0 Å². The standard InChI is InChI=1S/C17H36N4O/c1-6-19-9-11-21(12-10-19)17(22)18-14-16(13-15(4)5)20(7-2)8-3/h15-16H,6-14H2,1-5H3,(H,18,22)/t16-/m1/s1. The van der Waals surface area contributed by atoms with Crippen molar-refractivity contribution < 1.29 is 4.79 Å². The molecule has 0 aromatic carbocycles. The molecular weight excluding hydrogens is 276 g/mol. The summed E-state index contributed by atoms with van der Waals surface area (Å²) in [5.74, 6) is 0.649. The predicted octanol–water partition coefficient (Wildman–Crippen LogP) is 2.09. The number of carbonyl (C=O) groups is 1. The zero-order valence-electron chi connectivity index (χ0n) is 15.3. The van der Waals surface area contributed by atoms with E-state index in [1.165, 1.54) is 0 Å². The van der Waals surface area contributed by atoms with E-state index in [1.807, 2.05) is 4.90 Å². The quantitative estimate of drug-likeness (QED) is 0.746. The molecule has 5 heteroatoms. The van der Waals surface area contributed by atoms with Crippen LogP contribution in [-0.4, -0.2) is 79.1 Å². The van der Waals surface area contributed by atoms with Gasteiger partial charge in [-0.3, -0.25) is 4.90 Å². The van der Waals surface area contributed by atoms with Crippen molar-refractivity contribution >= 4 is 6.03 Å². The maximum absolute atomic E-state index is 12.4. The number of hydrogen-bond acceptors (Lipinski definition) is 3. The third-order valence-corrected chi connectivity index (χ3v) is 4.67. The number of amides is 2. The zero-order chi connectivity index (χ0) is 16.5. The van der Waals surface area contributed by atoms with Crippen LogP contribution in [-0.2, 0) is 0 Å². The summed E-state index contributed by atoms with van der Waals surface area (Å²) in [7, 11) is 0. The van der Waals surface area contributed by atoms with Gasteiger partial charge in [-0.05, 0) is 32.0 Å². The molecule has 0 unspecified atom stereocenters. The van der Waals surface area contributed by atoms with Crippen molar-refractivity contribution in [1.29, 1.82) is 0 Å². The molecule has 1 atom stereocenters. The number of hydrogen-bond donors (Lipinski definition) is 1. The molecule has 0 aliphatic carbocycles. The highest BCUT2D eigenvalue weighted by atomic mass is 16.2. The van der Waals surface area contributed by atoms with Gasteiger partial charge in [-0.1, -0.05) is 34.6 Å². The van der Waals surface area contributed by atoms with E-state index in [0.717, 1.165) is 58.8 Å². The van der Waals surface area contributed by atoms with Crippen LogP contribution < -0.4 is 5.32 Å². The monoisotopic (exact) mass is 312 g/mol. The molecule has 1 rings (SSSR count). The van der Waals surface area contributed by atoms with Crippen molar-refractivity contribution in [2.45, 2.75) is 47.1 Å². The number of nitrogens with zero attached hydrogens (tertiary/aromatic N) is 3. The van der Waals surface area contributed by atoms with E-state index in [4.69, 9.17) is 0 Å². The van der Waals surface area contributed by atoms with Crippen LogP contribution in [0.15, 0.2) is 0 Å². The van der Waals surface area contributed by atoms with E-state index in [0.29, 0.717) is 12.0 Å². The molecule has 22 heavy (non-hydrogen) atoms. The second-order valence-corrected chi connectivity index (χ2v) is 6.61. The summed E-state index contributed by atoms with van der Waals surface area (Å²) in [5.41, 5.74) is 0. The average molecular weight is 313 g/mol. The molecule has 1 N–H and O–H groups in total. The Morgan fingerprint density at radius 3 is 2.14 bits per heavy atom. The minimum Gasteiger partial charge on any atom is -0.336 e. The Kier molecular flexibility index (Phi) is 8.79. The van der Waals surface area contributed by atoms with Gasteiger partial charge in [0.05, 0.1) is 0 Å². The fourth-order valence-corrected chi connectivity index (χ4v) is 3.23. The highest BCUT2D eigenvalue weighted by molar-refractivity contribution is 5.74. The van der Waals surface area contributed by atoms with Gasteiger partial charge in [-0.15, -0.1) is 0 Å². The predicted molar refractivity (Wildman–Crippen MR) is 93.2 cm³/mol. The molecule has 0 radical (unpaired) electrons. The Morgan fingerprint density at radius 2 is 1.68 bits per heavy atom. The molecule has 1 aliphatic rings. The first-order chi connectivity index (χ1) is 10.5. The van der Waals surface area contributed by atoms with Gasteiger partial charge in [0.25, 0.3) is 0 Å². The summed E-state index contributed by atoms with van der Waals surface area (Å²) >= 11 is 0. The van der Waals surface area contributed by atoms with Crippen molar-refractivity contribution in [1.82, 2.24) is 20.0 Å². The molecule has 2 amide bonds. The third kappa shape index (κ3) is 6.13. The summed E-state index contributed by atoms with van der Waals surface area (Å²) < 4.78 is 0. The molecule has 130 valence electrons. The van der Waals surface area contributed by atoms with Gasteiger partial charge in [0.15, 0.2) is 0 Å². The molecule has 0 aromatic rings. The summed E-state index contributed by atoms with van der Waals surface area (Å²) in [5, 5.41) is 3.17. The fraction of sp³-hybridized carbons (Fsp3) is 0.941. The van der Waals surface area contributed by atoms with Gasteiger partial charge in [-0.25, -0.2) is 4.79 Å². The van der Waals surface area contributed by atoms with Gasteiger partial charge in [0.1, 0.15) is 0 Å². The summed E-state index contributed by atoms with van der Waals surface area (Å²) in [4.78, 5) is 19.2. The zero-order valence-corrected chi connectivity index (χ0v) is 15.3. The second kappa shape index (κ2) is 10.1. The Hall–Kier alpha value is -0.810.